The molecule has 3 rings (SSSR count). The summed E-state index contributed by atoms with van der Waals surface area (Å²) in [5.74, 6) is -0.256. The molecule has 2 aromatic rings. The highest BCUT2D eigenvalue weighted by Gasteiger charge is 2.30. The van der Waals surface area contributed by atoms with Gasteiger partial charge in [0.15, 0.2) is 0 Å². The smallest absolute Gasteiger partial charge is 0.227 e. The molecule has 0 radical (unpaired) electrons. The van der Waals surface area contributed by atoms with Crippen molar-refractivity contribution in [2.75, 3.05) is 24.2 Å². The van der Waals surface area contributed by atoms with E-state index in [0.29, 0.717) is 42.2 Å². The van der Waals surface area contributed by atoms with Gasteiger partial charge in [-0.2, -0.15) is 0 Å². The Morgan fingerprint density at radius 1 is 1.36 bits per heavy atom. The molecule has 0 atom stereocenters. The van der Waals surface area contributed by atoms with Crippen molar-refractivity contribution < 1.29 is 13.2 Å². The number of carbonyl (C=O) groups excluding carboxylic acids is 1. The van der Waals surface area contributed by atoms with E-state index in [0.717, 1.165) is 5.39 Å². The van der Waals surface area contributed by atoms with E-state index in [-0.39, 0.29) is 17.6 Å². The molecule has 2 heterocycles. The minimum absolute atomic E-state index is 0.0873. The molecule has 1 aromatic carbocycles. The zero-order chi connectivity index (χ0) is 18.0. The Bertz CT molecular complexity index is 893. The van der Waals surface area contributed by atoms with Gasteiger partial charge in [-0.1, -0.05) is 17.7 Å². The average Bonchev–Trinajstić information content (AvgIpc) is 2.61. The van der Waals surface area contributed by atoms with Crippen molar-refractivity contribution in [2.24, 2.45) is 5.92 Å². The first-order valence-electron chi connectivity index (χ1n) is 8.23. The van der Waals surface area contributed by atoms with Crippen LogP contribution in [-0.2, 0) is 14.8 Å². The number of hydrogen-bond acceptors (Lipinski definition) is 4. The molecule has 0 aliphatic carbocycles. The molecule has 0 unspecified atom stereocenters. The van der Waals surface area contributed by atoms with Gasteiger partial charge in [0.1, 0.15) is 0 Å². The third kappa shape index (κ3) is 3.94. The Balaban J connectivity index is 1.72. The van der Waals surface area contributed by atoms with E-state index >= 15 is 0 Å². The highest BCUT2D eigenvalue weighted by Crippen LogP contribution is 2.28. The number of hydrogen-bond donors (Lipinski definition) is 1. The van der Waals surface area contributed by atoms with Crippen LogP contribution in [0.5, 0.6) is 0 Å². The first kappa shape index (κ1) is 18.1. The van der Waals surface area contributed by atoms with Crippen LogP contribution in [0.4, 0.5) is 5.69 Å². The number of sulfonamides is 1. The molecule has 134 valence electrons. The lowest BCUT2D eigenvalue weighted by atomic mass is 9.97. The molecular weight excluding hydrogens is 362 g/mol. The van der Waals surface area contributed by atoms with E-state index in [2.05, 4.69) is 10.3 Å². The van der Waals surface area contributed by atoms with Crippen LogP contribution in [0.3, 0.4) is 0 Å². The second-order valence-electron chi connectivity index (χ2n) is 6.09. The fourth-order valence-corrected chi connectivity index (χ4v) is 4.42. The quantitative estimate of drug-likeness (QED) is 0.883. The van der Waals surface area contributed by atoms with Crippen LogP contribution in [0.15, 0.2) is 30.5 Å². The molecule has 8 heteroatoms. The van der Waals surface area contributed by atoms with Crippen LogP contribution in [0, 0.1) is 5.92 Å². The van der Waals surface area contributed by atoms with Crippen LogP contribution >= 0.6 is 11.6 Å². The molecule has 0 bridgehead atoms. The zero-order valence-electron chi connectivity index (χ0n) is 13.9. The van der Waals surface area contributed by atoms with Crippen molar-refractivity contribution in [1.29, 1.82) is 0 Å². The summed E-state index contributed by atoms with van der Waals surface area (Å²) in [5, 5.41) is 4.29. The predicted molar refractivity (Wildman–Crippen MR) is 99.1 cm³/mol. The summed E-state index contributed by atoms with van der Waals surface area (Å²) in [7, 11) is -3.19. The van der Waals surface area contributed by atoms with Crippen molar-refractivity contribution in [1.82, 2.24) is 9.29 Å². The van der Waals surface area contributed by atoms with E-state index in [4.69, 9.17) is 11.6 Å². The maximum atomic E-state index is 12.6. The minimum atomic E-state index is -3.19. The third-order valence-corrected chi connectivity index (χ3v) is 6.61. The Kier molecular flexibility index (Phi) is 5.27. The van der Waals surface area contributed by atoms with Gasteiger partial charge in [0.05, 0.1) is 17.0 Å². The van der Waals surface area contributed by atoms with Gasteiger partial charge in [0.25, 0.3) is 0 Å². The number of nitrogens with one attached hydrogen (secondary N) is 1. The fraction of sp³-hybridized carbons (Fsp3) is 0.412. The van der Waals surface area contributed by atoms with Gasteiger partial charge in [-0.15, -0.1) is 0 Å². The molecule has 6 nitrogen and oxygen atoms in total. The summed E-state index contributed by atoms with van der Waals surface area (Å²) in [5.41, 5.74) is 1.27. The number of aromatic nitrogens is 1. The number of fused-ring (bicyclic) bond motifs is 1. The number of piperidine rings is 1. The molecule has 1 aliphatic rings. The van der Waals surface area contributed by atoms with E-state index in [1.807, 2.05) is 12.1 Å². The molecule has 25 heavy (non-hydrogen) atoms. The molecule has 1 saturated heterocycles. The molecule has 1 aromatic heterocycles. The zero-order valence-corrected chi connectivity index (χ0v) is 15.5. The summed E-state index contributed by atoms with van der Waals surface area (Å²) < 4.78 is 25.3. The van der Waals surface area contributed by atoms with Crippen LogP contribution < -0.4 is 5.32 Å². The number of carbonyl (C=O) groups is 1. The van der Waals surface area contributed by atoms with Gasteiger partial charge in [-0.05, 0) is 38.0 Å². The molecule has 1 aliphatic heterocycles. The first-order chi connectivity index (χ1) is 11.9. The van der Waals surface area contributed by atoms with E-state index < -0.39 is 10.0 Å². The number of pyridine rings is 1. The topological polar surface area (TPSA) is 79.4 Å². The van der Waals surface area contributed by atoms with Gasteiger partial charge in [0, 0.05) is 35.6 Å². The average molecular weight is 382 g/mol. The monoisotopic (exact) mass is 381 g/mol. The van der Waals surface area contributed by atoms with Crippen molar-refractivity contribution in [2.45, 2.75) is 19.8 Å². The number of benzene rings is 1. The largest absolute Gasteiger partial charge is 0.324 e. The maximum Gasteiger partial charge on any atom is 0.227 e. The van der Waals surface area contributed by atoms with E-state index in [1.54, 1.807) is 25.3 Å². The first-order valence-corrected chi connectivity index (χ1v) is 10.2. The summed E-state index contributed by atoms with van der Waals surface area (Å²) in [6.07, 6.45) is 2.69. The number of rotatable bonds is 4. The second-order valence-corrected chi connectivity index (χ2v) is 8.79. The molecule has 0 spiro atoms. The van der Waals surface area contributed by atoms with Crippen LogP contribution in [0.2, 0.25) is 5.02 Å². The van der Waals surface area contributed by atoms with Crippen LogP contribution in [0.1, 0.15) is 19.8 Å². The SMILES string of the molecule is CCS(=O)(=O)N1CCC(C(=O)Nc2cc(Cl)cc3cccnc23)CC1. The highest BCUT2D eigenvalue weighted by atomic mass is 35.5. The predicted octanol–water partition coefficient (Wildman–Crippen LogP) is 2.89. The number of amides is 1. The molecule has 1 fully saturated rings. The lowest BCUT2D eigenvalue weighted by Crippen LogP contribution is -2.42. The van der Waals surface area contributed by atoms with Gasteiger partial charge < -0.3 is 5.32 Å². The second kappa shape index (κ2) is 7.27. The highest BCUT2D eigenvalue weighted by molar-refractivity contribution is 7.89. The van der Waals surface area contributed by atoms with Gasteiger partial charge in [-0.25, -0.2) is 12.7 Å². The summed E-state index contributed by atoms with van der Waals surface area (Å²) in [6.45, 7) is 2.39. The fourth-order valence-electron chi connectivity index (χ4n) is 3.06. The lowest BCUT2D eigenvalue weighted by molar-refractivity contribution is -0.120. The van der Waals surface area contributed by atoms with Gasteiger partial charge in [-0.3, -0.25) is 9.78 Å². The molecular formula is C17H20ClN3O3S. The van der Waals surface area contributed by atoms with Crippen LogP contribution in [-0.4, -0.2) is 42.5 Å². The maximum absolute atomic E-state index is 12.6. The summed E-state index contributed by atoms with van der Waals surface area (Å²) >= 11 is 6.13. The Hall–Kier alpha value is -1.70. The third-order valence-electron chi connectivity index (χ3n) is 4.51. The van der Waals surface area contributed by atoms with E-state index in [1.165, 1.54) is 4.31 Å². The normalized spacial score (nSPS) is 16.9. The molecule has 1 amide bonds. The van der Waals surface area contributed by atoms with Crippen molar-refractivity contribution in [3.05, 3.63) is 35.5 Å². The Morgan fingerprint density at radius 3 is 2.76 bits per heavy atom. The van der Waals surface area contributed by atoms with Crippen molar-refractivity contribution >= 4 is 44.1 Å². The standard InChI is InChI=1S/C17H20ClN3O3S/c1-2-25(23,24)21-8-5-12(6-9-21)17(22)20-15-11-14(18)10-13-4-3-7-19-16(13)15/h3-4,7,10-12H,2,5-6,8-9H2,1H3,(H,20,22). The number of halogens is 1. The van der Waals surface area contributed by atoms with E-state index in [9.17, 15) is 13.2 Å². The van der Waals surface area contributed by atoms with Gasteiger partial charge in [0.2, 0.25) is 15.9 Å². The number of nitrogens with zero attached hydrogens (tertiary/aromatic N) is 2. The summed E-state index contributed by atoms with van der Waals surface area (Å²) in [6, 6.07) is 7.19. The van der Waals surface area contributed by atoms with Crippen LogP contribution in [0.25, 0.3) is 10.9 Å². The Labute approximate surface area is 152 Å². The number of anilines is 1. The Morgan fingerprint density at radius 2 is 2.08 bits per heavy atom. The van der Waals surface area contributed by atoms with Crippen molar-refractivity contribution in [3.63, 3.8) is 0 Å². The molecule has 0 saturated carbocycles. The molecule has 1 N–H and O–H groups in total. The van der Waals surface area contributed by atoms with Crippen molar-refractivity contribution in [3.8, 4) is 0 Å². The lowest BCUT2D eigenvalue weighted by Gasteiger charge is -2.30. The minimum Gasteiger partial charge on any atom is -0.324 e. The summed E-state index contributed by atoms with van der Waals surface area (Å²) in [4.78, 5) is 16.9. The van der Waals surface area contributed by atoms with Gasteiger partial charge >= 0.3 is 0 Å².